The van der Waals surface area contributed by atoms with E-state index in [1.54, 1.807) is 31.2 Å². The first kappa shape index (κ1) is 18.5. The highest BCUT2D eigenvalue weighted by atomic mass is 16.7. The fourth-order valence-corrected chi connectivity index (χ4v) is 2.67. The van der Waals surface area contributed by atoms with Gasteiger partial charge in [-0.15, -0.1) is 0 Å². The third-order valence-corrected chi connectivity index (χ3v) is 4.08. The number of esters is 2. The standard InChI is InChI=1S/C18H19NO6/c1-18(24-4)9-13(16(20)22-2)14(17(21)23-3)15(25-18)12-7-5-11(10-19)6-8-12/h5-8,13H,9H2,1-4H3/t13-,18+/m1/s1. The van der Waals surface area contributed by atoms with Crippen molar-refractivity contribution in [2.45, 2.75) is 19.1 Å². The molecule has 0 spiro atoms. The second kappa shape index (κ2) is 7.36. The number of carbonyl (C=O) groups is 2. The van der Waals surface area contributed by atoms with Gasteiger partial charge in [-0.25, -0.2) is 4.79 Å². The van der Waals surface area contributed by atoms with Gasteiger partial charge < -0.3 is 18.9 Å². The highest BCUT2D eigenvalue weighted by Gasteiger charge is 2.46. The summed E-state index contributed by atoms with van der Waals surface area (Å²) in [6.07, 6.45) is 0.0976. The minimum Gasteiger partial charge on any atom is -0.469 e. The highest BCUT2D eigenvalue weighted by molar-refractivity contribution is 6.02. The molecule has 0 fully saturated rings. The summed E-state index contributed by atoms with van der Waals surface area (Å²) in [5.74, 6) is -3.13. The van der Waals surface area contributed by atoms with Crippen LogP contribution in [0.3, 0.4) is 0 Å². The van der Waals surface area contributed by atoms with Crippen molar-refractivity contribution in [3.63, 3.8) is 0 Å². The van der Waals surface area contributed by atoms with Crippen LogP contribution < -0.4 is 0 Å². The molecule has 2 rings (SSSR count). The predicted octanol–water partition coefficient (Wildman–Crippen LogP) is 2.01. The number of rotatable bonds is 4. The number of hydrogen-bond donors (Lipinski definition) is 0. The number of benzene rings is 1. The molecular formula is C18H19NO6. The van der Waals surface area contributed by atoms with E-state index >= 15 is 0 Å². The Bertz CT molecular complexity index is 746. The normalized spacial score (nSPS) is 22.6. The molecule has 7 heteroatoms. The summed E-state index contributed by atoms with van der Waals surface area (Å²) in [5.41, 5.74) is 1.05. The Kier molecular flexibility index (Phi) is 5.45. The van der Waals surface area contributed by atoms with Gasteiger partial charge in [0.2, 0.25) is 5.79 Å². The van der Waals surface area contributed by atoms with E-state index in [1.165, 1.54) is 21.3 Å². The van der Waals surface area contributed by atoms with Crippen molar-refractivity contribution in [3.05, 3.63) is 41.0 Å². The molecule has 2 atom stereocenters. The molecule has 0 radical (unpaired) electrons. The molecule has 25 heavy (non-hydrogen) atoms. The van der Waals surface area contributed by atoms with Gasteiger partial charge in [-0.05, 0) is 24.3 Å². The van der Waals surface area contributed by atoms with Crippen LogP contribution in [0.1, 0.15) is 24.5 Å². The van der Waals surface area contributed by atoms with E-state index in [0.29, 0.717) is 11.1 Å². The van der Waals surface area contributed by atoms with Crippen molar-refractivity contribution in [1.29, 1.82) is 5.26 Å². The summed E-state index contributed by atoms with van der Waals surface area (Å²) in [4.78, 5) is 24.6. The Balaban J connectivity index is 2.67. The minimum absolute atomic E-state index is 0.0635. The molecule has 0 saturated heterocycles. The van der Waals surface area contributed by atoms with Crippen LogP contribution in [-0.4, -0.2) is 39.1 Å². The van der Waals surface area contributed by atoms with E-state index in [4.69, 9.17) is 24.2 Å². The van der Waals surface area contributed by atoms with Crippen LogP contribution >= 0.6 is 0 Å². The molecule has 132 valence electrons. The van der Waals surface area contributed by atoms with Crippen LogP contribution in [0.5, 0.6) is 0 Å². The van der Waals surface area contributed by atoms with Gasteiger partial charge in [-0.1, -0.05) is 0 Å². The molecule has 1 aromatic carbocycles. The third-order valence-electron chi connectivity index (χ3n) is 4.08. The molecule has 1 aliphatic heterocycles. The first-order valence-electron chi connectivity index (χ1n) is 7.54. The Morgan fingerprint density at radius 3 is 2.32 bits per heavy atom. The van der Waals surface area contributed by atoms with Crippen LogP contribution in [-0.2, 0) is 28.5 Å². The second-order valence-electron chi connectivity index (χ2n) is 5.64. The maximum Gasteiger partial charge on any atom is 0.338 e. The van der Waals surface area contributed by atoms with Gasteiger partial charge in [-0.2, -0.15) is 5.26 Å². The van der Waals surface area contributed by atoms with E-state index in [1.807, 2.05) is 6.07 Å². The van der Waals surface area contributed by atoms with E-state index in [9.17, 15) is 9.59 Å². The summed E-state index contributed by atoms with van der Waals surface area (Å²) in [6.45, 7) is 1.67. The van der Waals surface area contributed by atoms with Crippen molar-refractivity contribution in [3.8, 4) is 6.07 Å². The van der Waals surface area contributed by atoms with Crippen LogP contribution in [0.2, 0.25) is 0 Å². The van der Waals surface area contributed by atoms with Gasteiger partial charge in [0.15, 0.2) is 0 Å². The fraction of sp³-hybridized carbons (Fsp3) is 0.389. The molecule has 0 saturated carbocycles. The first-order chi connectivity index (χ1) is 11.9. The first-order valence-corrected chi connectivity index (χ1v) is 7.54. The Morgan fingerprint density at radius 2 is 1.84 bits per heavy atom. The van der Waals surface area contributed by atoms with Crippen molar-refractivity contribution in [1.82, 2.24) is 0 Å². The Labute approximate surface area is 145 Å². The van der Waals surface area contributed by atoms with Crippen molar-refractivity contribution in [2.24, 2.45) is 5.92 Å². The van der Waals surface area contributed by atoms with Crippen LogP contribution in [0.4, 0.5) is 0 Å². The Hall–Kier alpha value is -2.85. The lowest BCUT2D eigenvalue weighted by Crippen LogP contribution is -2.42. The predicted molar refractivity (Wildman–Crippen MR) is 86.7 cm³/mol. The van der Waals surface area contributed by atoms with Crippen molar-refractivity contribution < 1.29 is 28.5 Å². The van der Waals surface area contributed by atoms with E-state index in [2.05, 4.69) is 0 Å². The van der Waals surface area contributed by atoms with Crippen molar-refractivity contribution in [2.75, 3.05) is 21.3 Å². The average molecular weight is 345 g/mol. The summed E-state index contributed by atoms with van der Waals surface area (Å²) >= 11 is 0. The van der Waals surface area contributed by atoms with Gasteiger partial charge in [0, 0.05) is 26.0 Å². The quantitative estimate of drug-likeness (QED) is 0.770. The largest absolute Gasteiger partial charge is 0.469 e. The number of nitrogens with zero attached hydrogens (tertiary/aromatic N) is 1. The van der Waals surface area contributed by atoms with E-state index < -0.39 is 23.6 Å². The van der Waals surface area contributed by atoms with Gasteiger partial charge in [0.1, 0.15) is 5.76 Å². The smallest absolute Gasteiger partial charge is 0.338 e. The van der Waals surface area contributed by atoms with Gasteiger partial charge in [0.05, 0.1) is 37.3 Å². The van der Waals surface area contributed by atoms with Crippen molar-refractivity contribution >= 4 is 17.7 Å². The lowest BCUT2D eigenvalue weighted by Gasteiger charge is -2.38. The molecule has 0 amide bonds. The number of ether oxygens (including phenoxy) is 4. The van der Waals surface area contributed by atoms with Crippen LogP contribution in [0, 0.1) is 17.2 Å². The monoisotopic (exact) mass is 345 g/mol. The molecule has 7 nitrogen and oxygen atoms in total. The zero-order valence-electron chi connectivity index (χ0n) is 14.5. The number of nitriles is 1. The molecule has 1 heterocycles. The topological polar surface area (TPSA) is 94.9 Å². The third kappa shape index (κ3) is 3.64. The van der Waals surface area contributed by atoms with Gasteiger partial charge in [0.25, 0.3) is 0 Å². The van der Waals surface area contributed by atoms with E-state index in [0.717, 1.165) is 0 Å². The SMILES string of the molecule is COC(=O)C1=C(c2ccc(C#N)cc2)O[C@](C)(OC)C[C@H]1C(=O)OC. The van der Waals surface area contributed by atoms with Crippen LogP contribution in [0.25, 0.3) is 5.76 Å². The molecule has 1 aromatic rings. The fourth-order valence-electron chi connectivity index (χ4n) is 2.67. The number of methoxy groups -OCH3 is 3. The molecule has 0 bridgehead atoms. The molecule has 0 unspecified atom stereocenters. The maximum atomic E-state index is 12.3. The number of carbonyl (C=O) groups excluding carboxylic acids is 2. The minimum atomic E-state index is -1.13. The zero-order valence-corrected chi connectivity index (χ0v) is 14.5. The molecular weight excluding hydrogens is 326 g/mol. The van der Waals surface area contributed by atoms with E-state index in [-0.39, 0.29) is 17.8 Å². The second-order valence-corrected chi connectivity index (χ2v) is 5.64. The van der Waals surface area contributed by atoms with Gasteiger partial charge >= 0.3 is 11.9 Å². The molecule has 0 aromatic heterocycles. The maximum absolute atomic E-state index is 12.3. The summed E-state index contributed by atoms with van der Waals surface area (Å²) in [5, 5.41) is 8.94. The summed E-state index contributed by atoms with van der Waals surface area (Å²) in [6, 6.07) is 8.46. The number of hydrogen-bond acceptors (Lipinski definition) is 7. The highest BCUT2D eigenvalue weighted by Crippen LogP contribution is 2.41. The lowest BCUT2D eigenvalue weighted by atomic mass is 9.86. The summed E-state index contributed by atoms with van der Waals surface area (Å²) in [7, 11) is 3.93. The lowest BCUT2D eigenvalue weighted by molar-refractivity contribution is -0.192. The molecule has 0 aliphatic carbocycles. The molecule has 0 N–H and O–H groups in total. The summed E-state index contributed by atoms with van der Waals surface area (Å²) < 4.78 is 21.0. The zero-order chi connectivity index (χ0) is 18.6. The average Bonchev–Trinajstić information content (AvgIpc) is 2.66. The van der Waals surface area contributed by atoms with Crippen LogP contribution in [0.15, 0.2) is 29.8 Å². The Morgan fingerprint density at radius 1 is 1.20 bits per heavy atom. The van der Waals surface area contributed by atoms with Gasteiger partial charge in [-0.3, -0.25) is 4.79 Å². The molecule has 1 aliphatic rings.